The number of aliphatic hydroxyl groups excluding tert-OH is 1. The Morgan fingerprint density at radius 3 is 2.63 bits per heavy atom. The Morgan fingerprint density at radius 2 is 2.00 bits per heavy atom. The molecule has 8 heteroatoms. The van der Waals surface area contributed by atoms with E-state index in [4.69, 9.17) is 4.74 Å². The number of carbonyl (C=O) groups is 1. The lowest BCUT2D eigenvalue weighted by Gasteiger charge is -2.47. The molecule has 1 amide bonds. The number of carbonyl (C=O) groups excluding carboxylic acids is 1. The summed E-state index contributed by atoms with van der Waals surface area (Å²) in [6.45, 7) is 3.15. The quantitative estimate of drug-likeness (QED) is 0.475. The van der Waals surface area contributed by atoms with Crippen LogP contribution in [0.2, 0.25) is 0 Å². The number of nitrogens with one attached hydrogen (secondary N) is 2. The number of fused-ring (bicyclic) bond motifs is 1. The van der Waals surface area contributed by atoms with Crippen LogP contribution in [-0.2, 0) is 17.6 Å². The topological polar surface area (TPSA) is 83.5 Å². The van der Waals surface area contributed by atoms with E-state index in [2.05, 4.69) is 15.6 Å². The molecule has 1 aliphatic carbocycles. The zero-order valence-corrected chi connectivity index (χ0v) is 20.4. The predicted octanol–water partition coefficient (Wildman–Crippen LogP) is 3.81. The van der Waals surface area contributed by atoms with Gasteiger partial charge in [0.1, 0.15) is 11.4 Å². The van der Waals surface area contributed by atoms with E-state index in [1.807, 2.05) is 13.0 Å². The van der Waals surface area contributed by atoms with Crippen LogP contribution < -0.4 is 15.4 Å². The van der Waals surface area contributed by atoms with Crippen molar-refractivity contribution in [2.45, 2.75) is 76.2 Å². The molecule has 2 heterocycles. The molecule has 2 aliphatic rings. The van der Waals surface area contributed by atoms with Gasteiger partial charge in [-0.15, -0.1) is 0 Å². The smallest absolute Gasteiger partial charge is 0.218 e. The SMILES string of the molecule is CC(=O)N[C@@H](Cc1ccc(F)cc1)[C@H](O)CN[C@H]1CC2(CCC2)Oc2ncc(C[C@@H](C)CF)cc21. The van der Waals surface area contributed by atoms with Crippen molar-refractivity contribution in [2.24, 2.45) is 5.92 Å². The first kappa shape index (κ1) is 25.5. The van der Waals surface area contributed by atoms with Crippen molar-refractivity contribution in [3.05, 3.63) is 59.0 Å². The van der Waals surface area contributed by atoms with Gasteiger partial charge in [-0.3, -0.25) is 9.18 Å². The van der Waals surface area contributed by atoms with Crippen molar-refractivity contribution in [3.8, 4) is 5.88 Å². The number of rotatable bonds is 10. The molecule has 0 unspecified atom stereocenters. The van der Waals surface area contributed by atoms with Crippen LogP contribution in [-0.4, -0.2) is 47.0 Å². The fourth-order valence-electron chi connectivity index (χ4n) is 5.03. The fraction of sp³-hybridized carbons (Fsp3) is 0.556. The predicted molar refractivity (Wildman–Crippen MR) is 129 cm³/mol. The average molecular weight is 488 g/mol. The van der Waals surface area contributed by atoms with Gasteiger partial charge in [-0.2, -0.15) is 0 Å². The van der Waals surface area contributed by atoms with Crippen molar-refractivity contribution >= 4 is 5.91 Å². The molecular weight excluding hydrogens is 452 g/mol. The minimum atomic E-state index is -0.865. The Morgan fingerprint density at radius 1 is 1.26 bits per heavy atom. The Bertz CT molecular complexity index is 1010. The maximum Gasteiger partial charge on any atom is 0.218 e. The summed E-state index contributed by atoms with van der Waals surface area (Å²) in [4.78, 5) is 16.4. The summed E-state index contributed by atoms with van der Waals surface area (Å²) >= 11 is 0. The maximum absolute atomic E-state index is 13.3. The number of pyridine rings is 1. The van der Waals surface area contributed by atoms with Gasteiger partial charge in [0.25, 0.3) is 0 Å². The van der Waals surface area contributed by atoms with E-state index in [0.717, 1.165) is 42.4 Å². The van der Waals surface area contributed by atoms with E-state index in [1.165, 1.54) is 19.1 Å². The molecule has 2 aromatic rings. The number of amides is 1. The van der Waals surface area contributed by atoms with E-state index in [-0.39, 0.29) is 42.5 Å². The molecule has 4 rings (SSSR count). The van der Waals surface area contributed by atoms with Crippen molar-refractivity contribution < 1.29 is 23.4 Å². The molecule has 190 valence electrons. The van der Waals surface area contributed by atoms with Crippen molar-refractivity contribution in [3.63, 3.8) is 0 Å². The number of alkyl halides is 1. The Balaban J connectivity index is 1.48. The van der Waals surface area contributed by atoms with Crippen LogP contribution in [0.15, 0.2) is 36.5 Å². The third kappa shape index (κ3) is 6.35. The first-order valence-electron chi connectivity index (χ1n) is 12.4. The van der Waals surface area contributed by atoms with Gasteiger partial charge in [0, 0.05) is 37.7 Å². The number of ether oxygens (including phenoxy) is 1. The number of halogens is 2. The number of aliphatic hydroxyl groups is 1. The largest absolute Gasteiger partial charge is 0.471 e. The zero-order valence-electron chi connectivity index (χ0n) is 20.4. The standard InChI is InChI=1S/C27H35F2N3O3/c1-17(14-28)10-20-11-22-24(13-27(8-3-9-27)35-26(22)31-15-20)30-16-25(34)23(32-18(2)33)12-19-4-6-21(29)7-5-19/h4-7,11,15,17,23-25,30,34H,3,8-10,12-14,16H2,1-2H3,(H,32,33)/t17-,23+,24+,25-/m1/s1. The van der Waals surface area contributed by atoms with Crippen LogP contribution in [0.25, 0.3) is 0 Å². The van der Waals surface area contributed by atoms with Crippen LogP contribution in [0.4, 0.5) is 8.78 Å². The maximum atomic E-state index is 13.3. The third-order valence-corrected chi connectivity index (χ3v) is 7.11. The Labute approximate surface area is 205 Å². The highest BCUT2D eigenvalue weighted by Gasteiger charge is 2.46. The molecule has 35 heavy (non-hydrogen) atoms. The van der Waals surface area contributed by atoms with E-state index in [9.17, 15) is 18.7 Å². The minimum Gasteiger partial charge on any atom is -0.471 e. The molecule has 0 radical (unpaired) electrons. The molecular formula is C27H35F2N3O3. The van der Waals surface area contributed by atoms with Gasteiger partial charge in [0.2, 0.25) is 11.8 Å². The van der Waals surface area contributed by atoms with Crippen LogP contribution in [0.1, 0.15) is 62.3 Å². The second-order valence-electron chi connectivity index (χ2n) is 10.2. The molecule has 1 aromatic heterocycles. The molecule has 4 atom stereocenters. The summed E-state index contributed by atoms with van der Waals surface area (Å²) in [6, 6.07) is 7.49. The van der Waals surface area contributed by atoms with Gasteiger partial charge in [0.15, 0.2) is 0 Å². The summed E-state index contributed by atoms with van der Waals surface area (Å²) in [5.74, 6) is -0.0550. The van der Waals surface area contributed by atoms with Gasteiger partial charge in [-0.1, -0.05) is 19.1 Å². The fourth-order valence-corrected chi connectivity index (χ4v) is 5.03. The highest BCUT2D eigenvalue weighted by Crippen LogP contribution is 2.48. The van der Waals surface area contributed by atoms with Crippen LogP contribution in [0.5, 0.6) is 5.88 Å². The summed E-state index contributed by atoms with van der Waals surface area (Å²) in [7, 11) is 0. The van der Waals surface area contributed by atoms with E-state index in [0.29, 0.717) is 18.7 Å². The number of aromatic nitrogens is 1. The first-order chi connectivity index (χ1) is 16.8. The molecule has 1 aromatic carbocycles. The minimum absolute atomic E-state index is 0.0781. The first-order valence-corrected chi connectivity index (χ1v) is 12.4. The molecule has 1 aliphatic heterocycles. The molecule has 3 N–H and O–H groups in total. The summed E-state index contributed by atoms with van der Waals surface area (Å²) < 4.78 is 32.6. The lowest BCUT2D eigenvalue weighted by Crippen LogP contribution is -2.52. The Hall–Kier alpha value is -2.58. The lowest BCUT2D eigenvalue weighted by molar-refractivity contribution is -0.120. The van der Waals surface area contributed by atoms with Gasteiger partial charge in [-0.05, 0) is 67.3 Å². The summed E-state index contributed by atoms with van der Waals surface area (Å²) in [5, 5.41) is 17.3. The molecule has 1 saturated carbocycles. The van der Waals surface area contributed by atoms with Gasteiger partial charge >= 0.3 is 0 Å². The van der Waals surface area contributed by atoms with Crippen LogP contribution >= 0.6 is 0 Å². The number of benzene rings is 1. The highest BCUT2D eigenvalue weighted by atomic mass is 19.1. The third-order valence-electron chi connectivity index (χ3n) is 7.11. The monoisotopic (exact) mass is 487 g/mol. The van der Waals surface area contributed by atoms with E-state index in [1.54, 1.807) is 18.3 Å². The normalized spacial score (nSPS) is 20.8. The zero-order chi connectivity index (χ0) is 25.0. The average Bonchev–Trinajstić information content (AvgIpc) is 2.81. The summed E-state index contributed by atoms with van der Waals surface area (Å²) in [6.07, 6.45) is 5.69. The van der Waals surface area contributed by atoms with Gasteiger partial charge in [-0.25, -0.2) is 9.37 Å². The molecule has 0 bridgehead atoms. The number of hydrogen-bond donors (Lipinski definition) is 3. The second kappa shape index (κ2) is 11.0. The van der Waals surface area contributed by atoms with Gasteiger partial charge < -0.3 is 20.5 Å². The molecule has 0 saturated heterocycles. The summed E-state index contributed by atoms with van der Waals surface area (Å²) in [5.41, 5.74) is 2.47. The van der Waals surface area contributed by atoms with Crippen LogP contribution in [0.3, 0.4) is 0 Å². The van der Waals surface area contributed by atoms with Crippen molar-refractivity contribution in [1.82, 2.24) is 15.6 Å². The highest BCUT2D eigenvalue weighted by molar-refractivity contribution is 5.73. The van der Waals surface area contributed by atoms with Gasteiger partial charge in [0.05, 0.1) is 18.8 Å². The van der Waals surface area contributed by atoms with E-state index >= 15 is 0 Å². The van der Waals surface area contributed by atoms with Crippen molar-refractivity contribution in [2.75, 3.05) is 13.2 Å². The lowest BCUT2D eigenvalue weighted by atomic mass is 9.73. The van der Waals surface area contributed by atoms with Crippen molar-refractivity contribution in [1.29, 1.82) is 0 Å². The second-order valence-corrected chi connectivity index (χ2v) is 10.2. The molecule has 1 spiro atoms. The molecule has 1 fully saturated rings. The number of nitrogens with zero attached hydrogens (tertiary/aromatic N) is 1. The number of hydrogen-bond acceptors (Lipinski definition) is 5. The van der Waals surface area contributed by atoms with Crippen LogP contribution in [0, 0.1) is 11.7 Å². The Kier molecular flexibility index (Phi) is 8.02. The van der Waals surface area contributed by atoms with E-state index < -0.39 is 12.1 Å². The molecule has 6 nitrogen and oxygen atoms in total.